The van der Waals surface area contributed by atoms with Crippen LogP contribution in [0.15, 0.2) is 59.5 Å². The number of hydrogen-bond acceptors (Lipinski definition) is 3. The lowest BCUT2D eigenvalue weighted by molar-refractivity contribution is 0.0981. The van der Waals surface area contributed by atoms with E-state index in [9.17, 15) is 13.2 Å². The molecule has 0 radical (unpaired) electrons. The van der Waals surface area contributed by atoms with Crippen LogP contribution in [0.4, 0.5) is 0 Å². The highest BCUT2D eigenvalue weighted by Gasteiger charge is 2.21. The summed E-state index contributed by atoms with van der Waals surface area (Å²) in [5.74, 6) is -0.803. The minimum Gasteiger partial charge on any atom is -0.318 e. The molecule has 0 fully saturated rings. The summed E-state index contributed by atoms with van der Waals surface area (Å²) >= 11 is 12.0. The van der Waals surface area contributed by atoms with Crippen LogP contribution in [-0.2, 0) is 10.0 Å². The van der Waals surface area contributed by atoms with Gasteiger partial charge in [0.1, 0.15) is 0 Å². The highest BCUT2D eigenvalue weighted by Crippen LogP contribution is 2.24. The van der Waals surface area contributed by atoms with Crippen molar-refractivity contribution in [3.8, 4) is 5.69 Å². The Morgan fingerprint density at radius 3 is 2.07 bits per heavy atom. The zero-order chi connectivity index (χ0) is 19.8. The Labute approximate surface area is 167 Å². The van der Waals surface area contributed by atoms with E-state index in [2.05, 4.69) is 0 Å². The number of halogens is 2. The van der Waals surface area contributed by atoms with Gasteiger partial charge in [-0.2, -0.15) is 0 Å². The second-order valence-electron chi connectivity index (χ2n) is 6.00. The average molecular weight is 423 g/mol. The van der Waals surface area contributed by atoms with Crippen molar-refractivity contribution in [2.24, 2.45) is 0 Å². The van der Waals surface area contributed by atoms with Gasteiger partial charge in [0, 0.05) is 22.1 Å². The first-order valence-electron chi connectivity index (χ1n) is 7.96. The van der Waals surface area contributed by atoms with Gasteiger partial charge in [-0.05, 0) is 68.4 Å². The molecule has 27 heavy (non-hydrogen) atoms. The van der Waals surface area contributed by atoms with Gasteiger partial charge < -0.3 is 4.57 Å². The third-order valence-corrected chi connectivity index (χ3v) is 5.99. The van der Waals surface area contributed by atoms with Crippen LogP contribution in [0.25, 0.3) is 5.69 Å². The SMILES string of the molecule is Cc1ccc(C)n1-c1ccc(C(=O)NS(=O)(=O)c2ccc(Cl)cc2)c(Cl)c1. The number of sulfonamides is 1. The number of rotatable bonds is 4. The van der Waals surface area contributed by atoms with E-state index in [1.165, 1.54) is 30.3 Å². The first-order valence-corrected chi connectivity index (χ1v) is 10.2. The van der Waals surface area contributed by atoms with Crippen molar-refractivity contribution < 1.29 is 13.2 Å². The highest BCUT2D eigenvalue weighted by molar-refractivity contribution is 7.90. The summed E-state index contributed by atoms with van der Waals surface area (Å²) in [6.45, 7) is 3.92. The van der Waals surface area contributed by atoms with E-state index in [0.717, 1.165) is 17.1 Å². The predicted molar refractivity (Wildman–Crippen MR) is 106 cm³/mol. The molecule has 3 rings (SSSR count). The molecule has 5 nitrogen and oxygen atoms in total. The van der Waals surface area contributed by atoms with Gasteiger partial charge in [-0.25, -0.2) is 13.1 Å². The number of aryl methyl sites for hydroxylation is 2. The van der Waals surface area contributed by atoms with Gasteiger partial charge in [-0.1, -0.05) is 23.2 Å². The third-order valence-electron chi connectivity index (χ3n) is 4.08. The molecule has 0 aliphatic heterocycles. The summed E-state index contributed by atoms with van der Waals surface area (Å²) in [4.78, 5) is 12.4. The fourth-order valence-electron chi connectivity index (χ4n) is 2.75. The van der Waals surface area contributed by atoms with E-state index in [0.29, 0.717) is 5.02 Å². The third kappa shape index (κ3) is 4.03. The molecule has 8 heteroatoms. The fraction of sp³-hybridized carbons (Fsp3) is 0.105. The fourth-order valence-corrected chi connectivity index (χ4v) is 4.11. The van der Waals surface area contributed by atoms with E-state index in [-0.39, 0.29) is 15.5 Å². The smallest absolute Gasteiger partial charge is 0.266 e. The molecule has 0 aliphatic rings. The molecule has 140 valence electrons. The zero-order valence-electron chi connectivity index (χ0n) is 14.5. The largest absolute Gasteiger partial charge is 0.318 e. The molecule has 0 saturated heterocycles. The number of benzene rings is 2. The van der Waals surface area contributed by atoms with Crippen LogP contribution in [0, 0.1) is 13.8 Å². The van der Waals surface area contributed by atoms with Crippen LogP contribution in [0.5, 0.6) is 0 Å². The van der Waals surface area contributed by atoms with Crippen LogP contribution >= 0.6 is 23.2 Å². The van der Waals surface area contributed by atoms with Gasteiger partial charge in [-0.15, -0.1) is 0 Å². The lowest BCUT2D eigenvalue weighted by atomic mass is 10.2. The van der Waals surface area contributed by atoms with Crippen LogP contribution in [0.3, 0.4) is 0 Å². The Morgan fingerprint density at radius 1 is 0.926 bits per heavy atom. The Hall–Kier alpha value is -2.28. The Balaban J connectivity index is 1.88. The molecule has 1 amide bonds. The molecule has 2 aromatic carbocycles. The molecule has 0 saturated carbocycles. The van der Waals surface area contributed by atoms with Crippen molar-refractivity contribution in [3.63, 3.8) is 0 Å². The Morgan fingerprint density at radius 2 is 1.52 bits per heavy atom. The van der Waals surface area contributed by atoms with Gasteiger partial charge in [0.15, 0.2) is 0 Å². The molecule has 0 atom stereocenters. The summed E-state index contributed by atoms with van der Waals surface area (Å²) in [6.07, 6.45) is 0. The van der Waals surface area contributed by atoms with Crippen molar-refractivity contribution in [1.82, 2.24) is 9.29 Å². The zero-order valence-corrected chi connectivity index (χ0v) is 16.9. The topological polar surface area (TPSA) is 68.2 Å². The summed E-state index contributed by atoms with van der Waals surface area (Å²) in [6, 6.07) is 14.3. The maximum Gasteiger partial charge on any atom is 0.266 e. The van der Waals surface area contributed by atoms with Gasteiger partial charge in [-0.3, -0.25) is 4.79 Å². The normalized spacial score (nSPS) is 11.4. The van der Waals surface area contributed by atoms with E-state index < -0.39 is 15.9 Å². The van der Waals surface area contributed by atoms with E-state index >= 15 is 0 Å². The highest BCUT2D eigenvalue weighted by atomic mass is 35.5. The molecular weight excluding hydrogens is 407 g/mol. The molecule has 1 heterocycles. The van der Waals surface area contributed by atoms with Crippen LogP contribution < -0.4 is 4.72 Å². The number of amides is 1. The van der Waals surface area contributed by atoms with Crippen LogP contribution in [-0.4, -0.2) is 18.9 Å². The van der Waals surface area contributed by atoms with Gasteiger partial charge in [0.25, 0.3) is 15.9 Å². The molecular formula is C19H16Cl2N2O3S. The number of aromatic nitrogens is 1. The van der Waals surface area contributed by atoms with Crippen molar-refractivity contribution >= 4 is 39.1 Å². The Bertz CT molecular complexity index is 1100. The van der Waals surface area contributed by atoms with Crippen molar-refractivity contribution in [1.29, 1.82) is 0 Å². The molecule has 0 aliphatic carbocycles. The van der Waals surface area contributed by atoms with Crippen LogP contribution in [0.2, 0.25) is 10.0 Å². The summed E-state index contributed by atoms with van der Waals surface area (Å²) in [5, 5.41) is 0.554. The van der Waals surface area contributed by atoms with E-state index in [1.54, 1.807) is 12.1 Å². The number of nitrogens with one attached hydrogen (secondary N) is 1. The molecule has 0 spiro atoms. The lowest BCUT2D eigenvalue weighted by Gasteiger charge is -2.12. The molecule has 0 bridgehead atoms. The quantitative estimate of drug-likeness (QED) is 0.671. The minimum absolute atomic E-state index is 0.0633. The first-order chi connectivity index (χ1) is 12.7. The number of carbonyl (C=O) groups is 1. The number of hydrogen-bond donors (Lipinski definition) is 1. The van der Waals surface area contributed by atoms with Crippen molar-refractivity contribution in [2.75, 3.05) is 0 Å². The van der Waals surface area contributed by atoms with Crippen LogP contribution in [0.1, 0.15) is 21.7 Å². The predicted octanol–water partition coefficient (Wildman–Crippen LogP) is 4.52. The minimum atomic E-state index is -4.03. The molecule has 1 N–H and O–H groups in total. The average Bonchev–Trinajstić information content (AvgIpc) is 2.93. The van der Waals surface area contributed by atoms with Gasteiger partial charge >= 0.3 is 0 Å². The van der Waals surface area contributed by atoms with Crippen molar-refractivity contribution in [2.45, 2.75) is 18.7 Å². The van der Waals surface area contributed by atoms with E-state index in [4.69, 9.17) is 23.2 Å². The monoisotopic (exact) mass is 422 g/mol. The molecule has 0 unspecified atom stereocenters. The summed E-state index contributed by atoms with van der Waals surface area (Å²) < 4.78 is 28.7. The lowest BCUT2D eigenvalue weighted by Crippen LogP contribution is -2.30. The molecule has 3 aromatic rings. The molecule has 1 aromatic heterocycles. The maximum absolute atomic E-state index is 12.4. The number of carbonyl (C=O) groups excluding carboxylic acids is 1. The second-order valence-corrected chi connectivity index (χ2v) is 8.53. The van der Waals surface area contributed by atoms with E-state index in [1.807, 2.05) is 35.3 Å². The first kappa shape index (κ1) is 19.5. The van der Waals surface area contributed by atoms with Gasteiger partial charge in [0.2, 0.25) is 0 Å². The second kappa shape index (κ2) is 7.38. The maximum atomic E-state index is 12.4. The number of nitrogens with zero attached hydrogens (tertiary/aromatic N) is 1. The Kier molecular flexibility index (Phi) is 5.33. The van der Waals surface area contributed by atoms with Crippen molar-refractivity contribution in [3.05, 3.63) is 81.6 Å². The summed E-state index contributed by atoms with van der Waals surface area (Å²) in [5.41, 5.74) is 2.90. The summed E-state index contributed by atoms with van der Waals surface area (Å²) in [7, 11) is -4.03. The van der Waals surface area contributed by atoms with Gasteiger partial charge in [0.05, 0.1) is 15.5 Å². The standard InChI is InChI=1S/C19H16Cl2N2O3S/c1-12-3-4-13(2)23(12)15-7-10-17(18(21)11-15)19(24)22-27(25,26)16-8-5-14(20)6-9-16/h3-11H,1-2H3,(H,22,24).